The molecule has 1 N–H and O–H groups in total. The van der Waals surface area contributed by atoms with Gasteiger partial charge in [-0.25, -0.2) is 9.59 Å². The Labute approximate surface area is 131 Å². The quantitative estimate of drug-likeness (QED) is 0.799. The summed E-state index contributed by atoms with van der Waals surface area (Å²) in [4.78, 5) is 28.0. The van der Waals surface area contributed by atoms with Gasteiger partial charge in [-0.1, -0.05) is 0 Å². The van der Waals surface area contributed by atoms with Crippen LogP contribution in [0.4, 0.5) is 4.79 Å². The van der Waals surface area contributed by atoms with Gasteiger partial charge in [-0.05, 0) is 65.0 Å². The summed E-state index contributed by atoms with van der Waals surface area (Å²) >= 11 is 0. The van der Waals surface area contributed by atoms with Crippen LogP contribution in [0.2, 0.25) is 0 Å². The van der Waals surface area contributed by atoms with Gasteiger partial charge >= 0.3 is 12.1 Å². The van der Waals surface area contributed by atoms with Crippen LogP contribution in [-0.2, 0) is 9.53 Å². The number of aliphatic carboxylic acids is 1. The average Bonchev–Trinajstić information content (AvgIpc) is 2.45. The third-order valence-corrected chi connectivity index (χ3v) is 5.31. The van der Waals surface area contributed by atoms with E-state index < -0.39 is 23.7 Å². The van der Waals surface area contributed by atoms with Crippen LogP contribution < -0.4 is 0 Å². The molecule has 0 aromatic heterocycles. The highest BCUT2D eigenvalue weighted by Crippen LogP contribution is 2.43. The molecule has 4 rings (SSSR count). The van der Waals surface area contributed by atoms with Gasteiger partial charge in [-0.15, -0.1) is 0 Å². The first kappa shape index (κ1) is 15.6. The molecule has 4 saturated heterocycles. The molecule has 2 bridgehead atoms. The van der Waals surface area contributed by atoms with Crippen molar-refractivity contribution in [3.05, 3.63) is 0 Å². The molecule has 0 aromatic rings. The van der Waals surface area contributed by atoms with Crippen LogP contribution in [0, 0.1) is 11.8 Å². The fraction of sp³-hybridized carbons (Fsp3) is 0.875. The number of rotatable bonds is 1. The van der Waals surface area contributed by atoms with Crippen molar-refractivity contribution < 1.29 is 19.4 Å². The molecule has 0 radical (unpaired) electrons. The van der Waals surface area contributed by atoms with Crippen molar-refractivity contribution in [1.29, 1.82) is 0 Å². The number of piperidine rings is 4. The highest BCUT2D eigenvalue weighted by Gasteiger charge is 2.50. The third-order valence-electron chi connectivity index (χ3n) is 5.31. The Bertz CT molecular complexity index is 465. The monoisotopic (exact) mass is 310 g/mol. The van der Waals surface area contributed by atoms with Crippen molar-refractivity contribution in [1.82, 2.24) is 9.80 Å². The van der Waals surface area contributed by atoms with Crippen LogP contribution in [0.25, 0.3) is 0 Å². The number of hydrogen-bond acceptors (Lipinski definition) is 4. The van der Waals surface area contributed by atoms with E-state index in [2.05, 4.69) is 4.90 Å². The average molecular weight is 310 g/mol. The number of carboxylic acid groups (broad SMARTS) is 1. The van der Waals surface area contributed by atoms with Gasteiger partial charge in [0.2, 0.25) is 0 Å². The van der Waals surface area contributed by atoms with E-state index in [9.17, 15) is 14.7 Å². The predicted octanol–water partition coefficient (Wildman–Crippen LogP) is 1.79. The highest BCUT2D eigenvalue weighted by atomic mass is 16.6. The summed E-state index contributed by atoms with van der Waals surface area (Å²) in [6.07, 6.45) is 2.39. The molecule has 0 aromatic carbocycles. The Morgan fingerprint density at radius 1 is 1.18 bits per heavy atom. The minimum absolute atomic E-state index is 0.301. The van der Waals surface area contributed by atoms with Crippen LogP contribution in [-0.4, -0.2) is 64.3 Å². The second-order valence-electron chi connectivity index (χ2n) is 7.83. The molecule has 4 fully saturated rings. The molecule has 3 atom stereocenters. The van der Waals surface area contributed by atoms with Crippen LogP contribution in [0.3, 0.4) is 0 Å². The van der Waals surface area contributed by atoms with Gasteiger partial charge < -0.3 is 9.84 Å². The number of amides is 1. The van der Waals surface area contributed by atoms with E-state index in [1.807, 2.05) is 0 Å². The smallest absolute Gasteiger partial charge is 0.411 e. The summed E-state index contributed by atoms with van der Waals surface area (Å²) in [7, 11) is 0. The number of carboxylic acids is 1. The van der Waals surface area contributed by atoms with Crippen molar-refractivity contribution in [3.8, 4) is 0 Å². The van der Waals surface area contributed by atoms with Crippen molar-refractivity contribution in [3.63, 3.8) is 0 Å². The molecule has 0 aliphatic carbocycles. The van der Waals surface area contributed by atoms with Crippen molar-refractivity contribution >= 4 is 12.1 Å². The minimum atomic E-state index is -0.916. The number of carbonyl (C=O) groups is 2. The van der Waals surface area contributed by atoms with Gasteiger partial charge in [-0.2, -0.15) is 0 Å². The molecule has 124 valence electrons. The third kappa shape index (κ3) is 2.81. The SMILES string of the molecule is CC(C)(C)OC(=O)N1CC2C(CC1C(=O)O)C1CCN2CC1. The van der Waals surface area contributed by atoms with Gasteiger partial charge in [0.25, 0.3) is 0 Å². The molecule has 4 aliphatic heterocycles. The number of carbonyl (C=O) groups excluding carboxylic acids is 1. The fourth-order valence-electron chi connectivity index (χ4n) is 4.33. The Kier molecular flexibility index (Phi) is 3.83. The molecule has 4 aliphatic rings. The van der Waals surface area contributed by atoms with E-state index >= 15 is 0 Å². The largest absolute Gasteiger partial charge is 0.480 e. The number of nitrogens with zero attached hydrogens (tertiary/aromatic N) is 2. The molecular formula is C16H26N2O4. The van der Waals surface area contributed by atoms with Gasteiger partial charge in [0.1, 0.15) is 11.6 Å². The summed E-state index contributed by atoms with van der Waals surface area (Å²) in [6, 6.07) is -0.452. The van der Waals surface area contributed by atoms with Crippen molar-refractivity contribution in [2.45, 2.75) is 57.7 Å². The molecule has 0 saturated carbocycles. The second kappa shape index (κ2) is 5.41. The molecule has 22 heavy (non-hydrogen) atoms. The maximum absolute atomic E-state index is 12.4. The molecular weight excluding hydrogens is 284 g/mol. The van der Waals surface area contributed by atoms with Crippen molar-refractivity contribution in [2.24, 2.45) is 11.8 Å². The molecule has 1 amide bonds. The maximum atomic E-state index is 12.4. The topological polar surface area (TPSA) is 70.1 Å². The van der Waals surface area contributed by atoms with E-state index in [0.29, 0.717) is 30.8 Å². The summed E-state index contributed by atoms with van der Waals surface area (Å²) in [5, 5.41) is 9.55. The van der Waals surface area contributed by atoms with Gasteiger partial charge in [0.05, 0.1) is 0 Å². The molecule has 6 heteroatoms. The summed E-state index contributed by atoms with van der Waals surface area (Å²) in [5.74, 6) is 0.112. The van der Waals surface area contributed by atoms with E-state index in [1.54, 1.807) is 20.8 Å². The minimum Gasteiger partial charge on any atom is -0.480 e. The van der Waals surface area contributed by atoms with E-state index in [4.69, 9.17) is 4.74 Å². The zero-order valence-corrected chi connectivity index (χ0v) is 13.6. The predicted molar refractivity (Wildman–Crippen MR) is 80.6 cm³/mol. The first-order chi connectivity index (χ1) is 10.3. The van der Waals surface area contributed by atoms with Crippen LogP contribution >= 0.6 is 0 Å². The van der Waals surface area contributed by atoms with E-state index in [-0.39, 0.29) is 0 Å². The van der Waals surface area contributed by atoms with Gasteiger partial charge in [0.15, 0.2) is 0 Å². The molecule has 6 nitrogen and oxygen atoms in total. The normalized spacial score (nSPS) is 37.6. The fourth-order valence-corrected chi connectivity index (χ4v) is 4.33. The zero-order chi connectivity index (χ0) is 16.1. The second-order valence-corrected chi connectivity index (χ2v) is 7.83. The number of ether oxygens (including phenoxy) is 1. The molecule has 3 unspecified atom stereocenters. The van der Waals surface area contributed by atoms with Crippen molar-refractivity contribution in [2.75, 3.05) is 19.6 Å². The summed E-state index contributed by atoms with van der Waals surface area (Å²) in [5.41, 5.74) is -0.608. The summed E-state index contributed by atoms with van der Waals surface area (Å²) in [6.45, 7) is 8.04. The lowest BCUT2D eigenvalue weighted by atomic mass is 9.69. The first-order valence-corrected chi connectivity index (χ1v) is 8.23. The van der Waals surface area contributed by atoms with Crippen LogP contribution in [0.1, 0.15) is 40.0 Å². The Hall–Kier alpha value is -1.30. The lowest BCUT2D eigenvalue weighted by Gasteiger charge is -2.56. The van der Waals surface area contributed by atoms with E-state index in [1.165, 1.54) is 17.7 Å². The Morgan fingerprint density at radius 3 is 2.36 bits per heavy atom. The van der Waals surface area contributed by atoms with Gasteiger partial charge in [-0.3, -0.25) is 9.80 Å². The standard InChI is InChI=1S/C16H26N2O4/c1-16(2,3)22-15(21)18-9-13-11(8-12(18)14(19)20)10-4-6-17(13)7-5-10/h10-13H,4-9H2,1-3H3,(H,19,20). The van der Waals surface area contributed by atoms with Gasteiger partial charge in [0, 0.05) is 12.6 Å². The van der Waals surface area contributed by atoms with Crippen LogP contribution in [0.15, 0.2) is 0 Å². The lowest BCUT2D eigenvalue weighted by Crippen LogP contribution is -2.66. The van der Waals surface area contributed by atoms with E-state index in [0.717, 1.165) is 13.1 Å². The van der Waals surface area contributed by atoms with Crippen LogP contribution in [0.5, 0.6) is 0 Å². The number of likely N-dealkylation sites (tertiary alicyclic amines) is 1. The maximum Gasteiger partial charge on any atom is 0.411 e. The molecule has 0 spiro atoms. The molecule has 4 heterocycles. The number of hydrogen-bond donors (Lipinski definition) is 1. The zero-order valence-electron chi connectivity index (χ0n) is 13.6. The first-order valence-electron chi connectivity index (χ1n) is 8.23. The number of fused-ring (bicyclic) bond motifs is 2. The lowest BCUT2D eigenvalue weighted by molar-refractivity contribution is -0.150. The Balaban J connectivity index is 1.79. The summed E-state index contributed by atoms with van der Waals surface area (Å²) < 4.78 is 5.42. The Morgan fingerprint density at radius 2 is 1.82 bits per heavy atom. The highest BCUT2D eigenvalue weighted by molar-refractivity contribution is 5.80.